The topological polar surface area (TPSA) is 73.1 Å². The number of ether oxygens (including phenoxy) is 1. The Hall–Kier alpha value is -1.20. The molecule has 5 heteroatoms. The maximum atomic E-state index is 5.43. The molecule has 1 fully saturated rings. The number of rotatable bonds is 5. The highest BCUT2D eigenvalue weighted by Crippen LogP contribution is 2.24. The quantitative estimate of drug-likeness (QED) is 0.719. The smallest absolute Gasteiger partial charge is 0.129 e. The van der Waals surface area contributed by atoms with Crippen LogP contribution in [0, 0.1) is 0 Å². The van der Waals surface area contributed by atoms with Crippen LogP contribution in [0.4, 0.5) is 5.82 Å². The normalized spacial score (nSPS) is 19.9. The van der Waals surface area contributed by atoms with Crippen LogP contribution in [0.5, 0.6) is 0 Å². The van der Waals surface area contributed by atoms with Crippen LogP contribution in [-0.2, 0) is 4.74 Å². The standard InChI is InChI=1S/C11H18N4O/c12-3-1-4-13-11-6-10(14-8-15-11)9-2-5-16-7-9/h6,8-9H,1-5,7,12H2,(H,13,14,15). The lowest BCUT2D eigenvalue weighted by Crippen LogP contribution is -2.10. The Morgan fingerprint density at radius 1 is 1.50 bits per heavy atom. The zero-order chi connectivity index (χ0) is 11.2. The molecule has 2 heterocycles. The van der Waals surface area contributed by atoms with E-state index < -0.39 is 0 Å². The molecule has 0 bridgehead atoms. The molecular weight excluding hydrogens is 204 g/mol. The molecule has 0 spiro atoms. The number of nitrogens with two attached hydrogens (primary N) is 1. The molecule has 0 amide bonds. The minimum atomic E-state index is 0.429. The first-order valence-corrected chi connectivity index (χ1v) is 5.74. The average Bonchev–Trinajstić information content (AvgIpc) is 2.83. The van der Waals surface area contributed by atoms with Gasteiger partial charge in [0, 0.05) is 25.1 Å². The largest absolute Gasteiger partial charge is 0.381 e. The highest BCUT2D eigenvalue weighted by molar-refractivity contribution is 5.35. The van der Waals surface area contributed by atoms with Gasteiger partial charge in [0.15, 0.2) is 0 Å². The fraction of sp³-hybridized carbons (Fsp3) is 0.636. The van der Waals surface area contributed by atoms with Crippen molar-refractivity contribution in [2.45, 2.75) is 18.8 Å². The third-order valence-corrected chi connectivity index (χ3v) is 2.72. The molecule has 0 radical (unpaired) electrons. The lowest BCUT2D eigenvalue weighted by Gasteiger charge is -2.09. The van der Waals surface area contributed by atoms with Crippen LogP contribution < -0.4 is 11.1 Å². The lowest BCUT2D eigenvalue weighted by molar-refractivity contribution is 0.193. The first-order valence-electron chi connectivity index (χ1n) is 5.74. The van der Waals surface area contributed by atoms with Crippen molar-refractivity contribution in [2.75, 3.05) is 31.6 Å². The Kier molecular flexibility index (Phi) is 4.07. The van der Waals surface area contributed by atoms with Gasteiger partial charge in [0.25, 0.3) is 0 Å². The van der Waals surface area contributed by atoms with E-state index in [9.17, 15) is 0 Å². The van der Waals surface area contributed by atoms with Crippen molar-refractivity contribution in [3.05, 3.63) is 18.1 Å². The van der Waals surface area contributed by atoms with Gasteiger partial charge in [-0.25, -0.2) is 9.97 Å². The molecule has 1 aliphatic rings. The van der Waals surface area contributed by atoms with Gasteiger partial charge >= 0.3 is 0 Å². The van der Waals surface area contributed by atoms with Gasteiger partial charge in [-0.2, -0.15) is 0 Å². The molecule has 3 N–H and O–H groups in total. The second-order valence-electron chi connectivity index (χ2n) is 3.96. The van der Waals surface area contributed by atoms with Gasteiger partial charge in [0.05, 0.1) is 12.3 Å². The fourth-order valence-electron chi connectivity index (χ4n) is 1.78. The number of aromatic nitrogens is 2. The Morgan fingerprint density at radius 2 is 2.44 bits per heavy atom. The molecule has 16 heavy (non-hydrogen) atoms. The number of hydrogen-bond donors (Lipinski definition) is 2. The van der Waals surface area contributed by atoms with E-state index in [1.54, 1.807) is 6.33 Å². The summed E-state index contributed by atoms with van der Waals surface area (Å²) in [6.07, 6.45) is 3.61. The summed E-state index contributed by atoms with van der Waals surface area (Å²) in [6.45, 7) is 3.17. The molecule has 2 rings (SSSR count). The van der Waals surface area contributed by atoms with Crippen LogP contribution in [0.2, 0.25) is 0 Å². The summed E-state index contributed by atoms with van der Waals surface area (Å²) in [6, 6.07) is 2.01. The lowest BCUT2D eigenvalue weighted by atomic mass is 10.1. The van der Waals surface area contributed by atoms with E-state index in [4.69, 9.17) is 10.5 Å². The summed E-state index contributed by atoms with van der Waals surface area (Å²) < 4.78 is 5.35. The Labute approximate surface area is 95.4 Å². The third kappa shape index (κ3) is 2.90. The predicted octanol–water partition coefficient (Wildman–Crippen LogP) is 0.741. The zero-order valence-electron chi connectivity index (χ0n) is 9.35. The highest BCUT2D eigenvalue weighted by Gasteiger charge is 2.19. The SMILES string of the molecule is NCCCNc1cc(C2CCOC2)ncn1. The van der Waals surface area contributed by atoms with E-state index in [0.717, 1.165) is 44.1 Å². The van der Waals surface area contributed by atoms with Gasteiger partial charge in [-0.3, -0.25) is 0 Å². The molecule has 88 valence electrons. The van der Waals surface area contributed by atoms with Gasteiger partial charge < -0.3 is 15.8 Å². The number of hydrogen-bond acceptors (Lipinski definition) is 5. The molecule has 0 saturated carbocycles. The van der Waals surface area contributed by atoms with E-state index in [1.165, 1.54) is 0 Å². The molecule has 1 saturated heterocycles. The van der Waals surface area contributed by atoms with E-state index in [-0.39, 0.29) is 0 Å². The maximum absolute atomic E-state index is 5.43. The maximum Gasteiger partial charge on any atom is 0.129 e. The Morgan fingerprint density at radius 3 is 3.19 bits per heavy atom. The van der Waals surface area contributed by atoms with Crippen LogP contribution >= 0.6 is 0 Å². The summed E-state index contributed by atoms with van der Waals surface area (Å²) in [7, 11) is 0. The van der Waals surface area contributed by atoms with Crippen molar-refractivity contribution in [3.63, 3.8) is 0 Å². The van der Waals surface area contributed by atoms with E-state index in [2.05, 4.69) is 15.3 Å². The van der Waals surface area contributed by atoms with Crippen LogP contribution in [0.15, 0.2) is 12.4 Å². The Bertz CT molecular complexity index is 326. The average molecular weight is 222 g/mol. The van der Waals surface area contributed by atoms with Gasteiger partial charge in [0.1, 0.15) is 12.1 Å². The molecule has 0 aromatic carbocycles. The Balaban J connectivity index is 1.95. The third-order valence-electron chi connectivity index (χ3n) is 2.72. The molecule has 5 nitrogen and oxygen atoms in total. The fourth-order valence-corrected chi connectivity index (χ4v) is 1.78. The highest BCUT2D eigenvalue weighted by atomic mass is 16.5. The number of anilines is 1. The monoisotopic (exact) mass is 222 g/mol. The summed E-state index contributed by atoms with van der Waals surface area (Å²) in [5, 5.41) is 3.24. The number of nitrogens with one attached hydrogen (secondary N) is 1. The molecule has 0 aliphatic carbocycles. The van der Waals surface area contributed by atoms with Gasteiger partial charge in [0.2, 0.25) is 0 Å². The second kappa shape index (κ2) is 5.77. The first-order chi connectivity index (χ1) is 7.90. The summed E-state index contributed by atoms with van der Waals surface area (Å²) in [5.74, 6) is 1.31. The summed E-state index contributed by atoms with van der Waals surface area (Å²) >= 11 is 0. The van der Waals surface area contributed by atoms with Gasteiger partial charge in [-0.1, -0.05) is 0 Å². The summed E-state index contributed by atoms with van der Waals surface area (Å²) in [5.41, 5.74) is 6.50. The van der Waals surface area contributed by atoms with Crippen molar-refractivity contribution >= 4 is 5.82 Å². The first kappa shape index (κ1) is 11.3. The molecular formula is C11H18N4O. The van der Waals surface area contributed by atoms with Crippen molar-refractivity contribution in [1.82, 2.24) is 9.97 Å². The number of nitrogens with zero attached hydrogens (tertiary/aromatic N) is 2. The zero-order valence-corrected chi connectivity index (χ0v) is 9.35. The molecule has 1 aromatic heterocycles. The molecule has 1 aliphatic heterocycles. The molecule has 1 unspecified atom stereocenters. The minimum absolute atomic E-state index is 0.429. The van der Waals surface area contributed by atoms with Crippen molar-refractivity contribution in [2.24, 2.45) is 5.73 Å². The van der Waals surface area contributed by atoms with E-state index >= 15 is 0 Å². The van der Waals surface area contributed by atoms with Crippen molar-refractivity contribution in [3.8, 4) is 0 Å². The molecule has 1 aromatic rings. The van der Waals surface area contributed by atoms with Crippen LogP contribution in [0.3, 0.4) is 0 Å². The van der Waals surface area contributed by atoms with Gasteiger partial charge in [-0.15, -0.1) is 0 Å². The van der Waals surface area contributed by atoms with Crippen LogP contribution in [0.1, 0.15) is 24.5 Å². The van der Waals surface area contributed by atoms with E-state index in [0.29, 0.717) is 12.5 Å². The minimum Gasteiger partial charge on any atom is -0.381 e. The van der Waals surface area contributed by atoms with Crippen LogP contribution in [-0.4, -0.2) is 36.3 Å². The predicted molar refractivity (Wildman–Crippen MR) is 62.4 cm³/mol. The van der Waals surface area contributed by atoms with Gasteiger partial charge in [-0.05, 0) is 19.4 Å². The summed E-state index contributed by atoms with van der Waals surface area (Å²) in [4.78, 5) is 8.47. The molecule has 1 atom stereocenters. The van der Waals surface area contributed by atoms with Crippen LogP contribution in [0.25, 0.3) is 0 Å². The van der Waals surface area contributed by atoms with Crippen molar-refractivity contribution in [1.29, 1.82) is 0 Å². The second-order valence-corrected chi connectivity index (χ2v) is 3.96. The van der Waals surface area contributed by atoms with E-state index in [1.807, 2.05) is 6.07 Å². The van der Waals surface area contributed by atoms with Crippen molar-refractivity contribution < 1.29 is 4.74 Å².